The second-order valence-electron chi connectivity index (χ2n) is 7.63. The van der Waals surface area contributed by atoms with E-state index in [0.29, 0.717) is 25.3 Å². The third-order valence-corrected chi connectivity index (χ3v) is 5.98. The van der Waals surface area contributed by atoms with Crippen molar-refractivity contribution in [2.75, 3.05) is 27.4 Å². The fourth-order valence-corrected chi connectivity index (χ4v) is 4.62. The number of methoxy groups -OCH3 is 2. The monoisotopic (exact) mass is 413 g/mol. The minimum atomic E-state index is -0.429. The van der Waals surface area contributed by atoms with Crippen molar-refractivity contribution in [3.8, 4) is 17.2 Å². The van der Waals surface area contributed by atoms with Gasteiger partial charge < -0.3 is 24.6 Å². The highest BCUT2D eigenvalue weighted by molar-refractivity contribution is 5.86. The van der Waals surface area contributed by atoms with Crippen molar-refractivity contribution in [3.05, 3.63) is 53.6 Å². The summed E-state index contributed by atoms with van der Waals surface area (Å²) in [6, 6.07) is 11.4. The number of phenols is 2. The number of phenolic OH excluding ortho intramolecular Hbond substituents is 2. The molecule has 160 valence electrons. The van der Waals surface area contributed by atoms with Gasteiger partial charge in [-0.05, 0) is 30.2 Å². The number of aromatic hydroxyl groups is 2. The zero-order chi connectivity index (χ0) is 21.3. The third-order valence-electron chi connectivity index (χ3n) is 5.98. The van der Waals surface area contributed by atoms with E-state index in [1.54, 1.807) is 31.4 Å². The predicted molar refractivity (Wildman–Crippen MR) is 110 cm³/mol. The Morgan fingerprint density at radius 3 is 2.53 bits per heavy atom. The fraction of sp³-hybridized carbons (Fsp3) is 0.409. The lowest BCUT2D eigenvalue weighted by molar-refractivity contribution is -0.131. The standard InChI is InChI=1S/C22H27N3O5/c1-29-11-5-10-25-21(13-8-9-16(27)17(12-13)30-2)18-19(23-24-20(18)22(25)28)14-6-3-4-7-15(14)26/h3-4,6-9,12,18-21,23-24,26-27H,5,10-11H2,1-2H3. The molecule has 4 N–H and O–H groups in total. The van der Waals surface area contributed by atoms with Gasteiger partial charge in [0.05, 0.1) is 19.2 Å². The maximum Gasteiger partial charge on any atom is 0.242 e. The van der Waals surface area contributed by atoms with E-state index in [1.807, 2.05) is 23.1 Å². The Morgan fingerprint density at radius 1 is 1.03 bits per heavy atom. The Kier molecular flexibility index (Phi) is 5.80. The number of benzene rings is 2. The summed E-state index contributed by atoms with van der Waals surface area (Å²) in [4.78, 5) is 15.1. The van der Waals surface area contributed by atoms with Crippen molar-refractivity contribution in [2.24, 2.45) is 5.92 Å². The van der Waals surface area contributed by atoms with E-state index in [0.717, 1.165) is 11.1 Å². The number of para-hydroxylation sites is 1. The number of carbonyl (C=O) groups is 1. The van der Waals surface area contributed by atoms with Crippen LogP contribution in [0.3, 0.4) is 0 Å². The molecule has 8 nitrogen and oxygen atoms in total. The molecule has 8 heteroatoms. The van der Waals surface area contributed by atoms with Gasteiger partial charge in [0, 0.05) is 31.7 Å². The summed E-state index contributed by atoms with van der Waals surface area (Å²) >= 11 is 0. The van der Waals surface area contributed by atoms with Crippen LogP contribution in [0, 0.1) is 5.92 Å². The Labute approximate surface area is 175 Å². The average molecular weight is 413 g/mol. The van der Waals surface area contributed by atoms with Gasteiger partial charge >= 0.3 is 0 Å². The molecule has 2 aliphatic heterocycles. The number of hydrazine groups is 1. The van der Waals surface area contributed by atoms with Crippen LogP contribution in [-0.2, 0) is 9.53 Å². The molecule has 2 aromatic carbocycles. The Balaban J connectivity index is 1.76. The van der Waals surface area contributed by atoms with Crippen molar-refractivity contribution in [2.45, 2.75) is 24.5 Å². The number of amides is 1. The molecule has 0 radical (unpaired) electrons. The van der Waals surface area contributed by atoms with Gasteiger partial charge in [-0.25, -0.2) is 10.9 Å². The number of hydrogen-bond donors (Lipinski definition) is 4. The van der Waals surface area contributed by atoms with Crippen LogP contribution < -0.4 is 15.6 Å². The largest absolute Gasteiger partial charge is 0.508 e. The van der Waals surface area contributed by atoms with Crippen LogP contribution in [0.2, 0.25) is 0 Å². The van der Waals surface area contributed by atoms with Crippen LogP contribution in [0.15, 0.2) is 42.5 Å². The molecule has 0 spiro atoms. The van der Waals surface area contributed by atoms with Gasteiger partial charge in [-0.2, -0.15) is 0 Å². The van der Waals surface area contributed by atoms with Crippen LogP contribution in [-0.4, -0.2) is 54.4 Å². The topological polar surface area (TPSA) is 103 Å². The van der Waals surface area contributed by atoms with Gasteiger partial charge in [0.15, 0.2) is 11.5 Å². The van der Waals surface area contributed by atoms with Crippen LogP contribution >= 0.6 is 0 Å². The second-order valence-corrected chi connectivity index (χ2v) is 7.63. The summed E-state index contributed by atoms with van der Waals surface area (Å²) in [5, 5.41) is 20.5. The molecule has 2 fully saturated rings. The molecular formula is C22H27N3O5. The van der Waals surface area contributed by atoms with Crippen molar-refractivity contribution in [3.63, 3.8) is 0 Å². The number of hydrogen-bond acceptors (Lipinski definition) is 7. The van der Waals surface area contributed by atoms with E-state index < -0.39 is 6.04 Å². The highest BCUT2D eigenvalue weighted by Gasteiger charge is 2.55. The maximum atomic E-state index is 13.3. The van der Waals surface area contributed by atoms with E-state index in [-0.39, 0.29) is 35.4 Å². The number of nitrogens with zero attached hydrogens (tertiary/aromatic N) is 1. The van der Waals surface area contributed by atoms with E-state index >= 15 is 0 Å². The molecule has 4 unspecified atom stereocenters. The number of ether oxygens (including phenoxy) is 2. The number of fused-ring (bicyclic) bond motifs is 1. The molecule has 4 atom stereocenters. The molecule has 2 heterocycles. The van der Waals surface area contributed by atoms with Gasteiger partial charge in [-0.1, -0.05) is 24.3 Å². The molecule has 1 amide bonds. The van der Waals surface area contributed by atoms with Crippen molar-refractivity contribution < 1.29 is 24.5 Å². The summed E-state index contributed by atoms with van der Waals surface area (Å²) in [6.07, 6.45) is 0.710. The number of likely N-dealkylation sites (tertiary alicyclic amines) is 1. The molecular weight excluding hydrogens is 386 g/mol. The lowest BCUT2D eigenvalue weighted by Gasteiger charge is -2.31. The first-order chi connectivity index (χ1) is 14.6. The fourth-order valence-electron chi connectivity index (χ4n) is 4.62. The summed E-state index contributed by atoms with van der Waals surface area (Å²) in [5.74, 6) is 0.428. The molecule has 2 aliphatic rings. The number of carbonyl (C=O) groups excluding carboxylic acids is 1. The van der Waals surface area contributed by atoms with E-state index in [4.69, 9.17) is 9.47 Å². The first kappa shape index (κ1) is 20.5. The quantitative estimate of drug-likeness (QED) is 0.514. The van der Waals surface area contributed by atoms with Gasteiger partial charge in [-0.3, -0.25) is 4.79 Å². The highest BCUT2D eigenvalue weighted by atomic mass is 16.5. The van der Waals surface area contributed by atoms with Gasteiger partial charge in [0.1, 0.15) is 11.8 Å². The van der Waals surface area contributed by atoms with Crippen LogP contribution in [0.5, 0.6) is 17.2 Å². The summed E-state index contributed by atoms with van der Waals surface area (Å²) in [7, 11) is 3.14. The predicted octanol–water partition coefficient (Wildman–Crippen LogP) is 1.86. The molecule has 4 rings (SSSR count). The summed E-state index contributed by atoms with van der Waals surface area (Å²) in [6.45, 7) is 1.10. The van der Waals surface area contributed by atoms with Crippen molar-refractivity contribution in [1.29, 1.82) is 0 Å². The first-order valence-corrected chi connectivity index (χ1v) is 10.0. The summed E-state index contributed by atoms with van der Waals surface area (Å²) < 4.78 is 10.5. The Morgan fingerprint density at radius 2 is 1.80 bits per heavy atom. The Bertz CT molecular complexity index is 921. The third kappa shape index (κ3) is 3.47. The SMILES string of the molecule is COCCCN1C(=O)C2NNC(c3ccccc3O)C2C1c1ccc(O)c(OC)c1. The molecule has 0 saturated carbocycles. The lowest BCUT2D eigenvalue weighted by atomic mass is 9.83. The van der Waals surface area contributed by atoms with E-state index in [2.05, 4.69) is 10.9 Å². The lowest BCUT2D eigenvalue weighted by Crippen LogP contribution is -2.41. The van der Waals surface area contributed by atoms with Crippen molar-refractivity contribution in [1.82, 2.24) is 15.8 Å². The molecule has 2 saturated heterocycles. The van der Waals surface area contributed by atoms with Crippen LogP contribution in [0.1, 0.15) is 29.6 Å². The summed E-state index contributed by atoms with van der Waals surface area (Å²) in [5.41, 5.74) is 7.96. The zero-order valence-electron chi connectivity index (χ0n) is 17.0. The van der Waals surface area contributed by atoms with Gasteiger partial charge in [-0.15, -0.1) is 0 Å². The van der Waals surface area contributed by atoms with Gasteiger partial charge in [0.25, 0.3) is 0 Å². The minimum Gasteiger partial charge on any atom is -0.508 e. The molecule has 30 heavy (non-hydrogen) atoms. The second kappa shape index (κ2) is 8.51. The van der Waals surface area contributed by atoms with Gasteiger partial charge in [0.2, 0.25) is 5.91 Å². The maximum absolute atomic E-state index is 13.3. The van der Waals surface area contributed by atoms with Crippen LogP contribution in [0.25, 0.3) is 0 Å². The van der Waals surface area contributed by atoms with Crippen molar-refractivity contribution >= 4 is 5.91 Å². The number of rotatable bonds is 7. The molecule has 0 bridgehead atoms. The first-order valence-electron chi connectivity index (χ1n) is 10.0. The molecule has 2 aromatic rings. The normalized spacial score (nSPS) is 25.5. The Hall–Kier alpha value is -2.81. The smallest absolute Gasteiger partial charge is 0.242 e. The molecule has 0 aromatic heterocycles. The number of nitrogens with one attached hydrogen (secondary N) is 2. The average Bonchev–Trinajstić information content (AvgIpc) is 3.29. The highest BCUT2D eigenvalue weighted by Crippen LogP contribution is 2.49. The zero-order valence-corrected chi connectivity index (χ0v) is 17.0. The van der Waals surface area contributed by atoms with E-state index in [9.17, 15) is 15.0 Å². The minimum absolute atomic E-state index is 0.00133. The molecule has 0 aliphatic carbocycles. The van der Waals surface area contributed by atoms with Crippen LogP contribution in [0.4, 0.5) is 0 Å². The van der Waals surface area contributed by atoms with E-state index in [1.165, 1.54) is 7.11 Å².